The predicted molar refractivity (Wildman–Crippen MR) is 69.1 cm³/mol. The molecule has 0 atom stereocenters. The van der Waals surface area contributed by atoms with E-state index in [4.69, 9.17) is 0 Å². The standard InChI is InChI=1S/C14H15N3/c1-10-3-5-12(6-4-10)9-17-14-13(8-15-17)7-11(2)16-14/h3-8,16H,9H2,1-2H3. The van der Waals surface area contributed by atoms with Crippen LogP contribution in [0.5, 0.6) is 0 Å². The minimum atomic E-state index is 0.809. The molecule has 0 saturated carbocycles. The molecule has 1 aromatic carbocycles. The summed E-state index contributed by atoms with van der Waals surface area (Å²) < 4.78 is 2.01. The molecule has 0 spiro atoms. The molecule has 0 aliphatic heterocycles. The predicted octanol–water partition coefficient (Wildman–Crippen LogP) is 3.03. The maximum absolute atomic E-state index is 4.40. The molecule has 0 unspecified atom stereocenters. The highest BCUT2D eigenvalue weighted by Crippen LogP contribution is 2.15. The van der Waals surface area contributed by atoms with Crippen molar-refractivity contribution >= 4 is 11.0 Å². The number of H-pyrrole nitrogens is 1. The Balaban J connectivity index is 1.96. The fraction of sp³-hybridized carbons (Fsp3) is 0.214. The summed E-state index contributed by atoms with van der Waals surface area (Å²) in [6.07, 6.45) is 1.91. The Kier molecular flexibility index (Phi) is 2.25. The van der Waals surface area contributed by atoms with Crippen LogP contribution in [0, 0.1) is 13.8 Å². The van der Waals surface area contributed by atoms with Crippen molar-refractivity contribution in [3.63, 3.8) is 0 Å². The molecule has 3 heteroatoms. The number of hydrogen-bond donors (Lipinski definition) is 1. The maximum Gasteiger partial charge on any atom is 0.136 e. The third-order valence-corrected chi connectivity index (χ3v) is 3.01. The van der Waals surface area contributed by atoms with Gasteiger partial charge in [-0.05, 0) is 25.5 Å². The molecule has 1 N–H and O–H groups in total. The minimum Gasteiger partial charge on any atom is -0.344 e. The lowest BCUT2D eigenvalue weighted by Gasteiger charge is -2.03. The van der Waals surface area contributed by atoms with Gasteiger partial charge in [-0.1, -0.05) is 29.8 Å². The summed E-state index contributed by atoms with van der Waals surface area (Å²) in [5.74, 6) is 0. The van der Waals surface area contributed by atoms with Gasteiger partial charge in [0.1, 0.15) is 5.65 Å². The average Bonchev–Trinajstić information content (AvgIpc) is 2.83. The van der Waals surface area contributed by atoms with Crippen LogP contribution in [0.1, 0.15) is 16.8 Å². The average molecular weight is 225 g/mol. The van der Waals surface area contributed by atoms with E-state index >= 15 is 0 Å². The van der Waals surface area contributed by atoms with Gasteiger partial charge >= 0.3 is 0 Å². The highest BCUT2D eigenvalue weighted by atomic mass is 15.3. The van der Waals surface area contributed by atoms with E-state index in [1.54, 1.807) is 0 Å². The number of nitrogens with zero attached hydrogens (tertiary/aromatic N) is 2. The number of hydrogen-bond acceptors (Lipinski definition) is 1. The Morgan fingerprint density at radius 1 is 1.18 bits per heavy atom. The lowest BCUT2D eigenvalue weighted by Crippen LogP contribution is -2.01. The third kappa shape index (κ3) is 1.84. The molecule has 0 radical (unpaired) electrons. The van der Waals surface area contributed by atoms with Crippen LogP contribution in [0.3, 0.4) is 0 Å². The number of benzene rings is 1. The Bertz CT molecular complexity index is 644. The molecule has 3 aromatic rings. The largest absolute Gasteiger partial charge is 0.344 e. The van der Waals surface area contributed by atoms with Crippen LogP contribution in [0.25, 0.3) is 11.0 Å². The number of aromatic amines is 1. The van der Waals surface area contributed by atoms with Crippen molar-refractivity contribution in [1.82, 2.24) is 14.8 Å². The molecular weight excluding hydrogens is 210 g/mol. The zero-order valence-electron chi connectivity index (χ0n) is 10.1. The van der Waals surface area contributed by atoms with Crippen molar-refractivity contribution in [2.24, 2.45) is 0 Å². The monoisotopic (exact) mass is 225 g/mol. The van der Waals surface area contributed by atoms with Gasteiger partial charge in [0.15, 0.2) is 0 Å². The summed E-state index contributed by atoms with van der Waals surface area (Å²) in [4.78, 5) is 3.34. The van der Waals surface area contributed by atoms with E-state index in [1.807, 2.05) is 10.9 Å². The van der Waals surface area contributed by atoms with Gasteiger partial charge in [-0.3, -0.25) is 0 Å². The summed E-state index contributed by atoms with van der Waals surface area (Å²) in [6, 6.07) is 10.7. The van der Waals surface area contributed by atoms with E-state index in [0.29, 0.717) is 0 Å². The molecule has 0 aliphatic carbocycles. The molecule has 0 saturated heterocycles. The molecule has 17 heavy (non-hydrogen) atoms. The Hall–Kier alpha value is -2.03. The number of rotatable bonds is 2. The zero-order chi connectivity index (χ0) is 11.8. The van der Waals surface area contributed by atoms with Gasteiger partial charge in [-0.2, -0.15) is 5.10 Å². The lowest BCUT2D eigenvalue weighted by atomic mass is 10.1. The smallest absolute Gasteiger partial charge is 0.136 e. The fourth-order valence-electron chi connectivity index (χ4n) is 2.08. The maximum atomic E-state index is 4.40. The highest BCUT2D eigenvalue weighted by Gasteiger charge is 2.05. The molecule has 0 fully saturated rings. The van der Waals surface area contributed by atoms with Gasteiger partial charge < -0.3 is 4.98 Å². The van der Waals surface area contributed by atoms with Gasteiger partial charge in [-0.15, -0.1) is 0 Å². The van der Waals surface area contributed by atoms with Crippen LogP contribution in [0.2, 0.25) is 0 Å². The summed E-state index contributed by atoms with van der Waals surface area (Å²) in [7, 11) is 0. The third-order valence-electron chi connectivity index (χ3n) is 3.01. The second kappa shape index (κ2) is 3.77. The SMILES string of the molecule is Cc1ccc(Cn2ncc3cc(C)[nH]c32)cc1. The van der Waals surface area contributed by atoms with Crippen molar-refractivity contribution in [3.8, 4) is 0 Å². The first-order chi connectivity index (χ1) is 8.22. The quantitative estimate of drug-likeness (QED) is 0.714. The Morgan fingerprint density at radius 2 is 1.94 bits per heavy atom. The van der Waals surface area contributed by atoms with E-state index in [9.17, 15) is 0 Å². The van der Waals surface area contributed by atoms with Crippen LogP contribution in [-0.4, -0.2) is 14.8 Å². The van der Waals surface area contributed by atoms with Gasteiger partial charge in [0.05, 0.1) is 12.7 Å². The van der Waals surface area contributed by atoms with E-state index in [0.717, 1.165) is 12.2 Å². The van der Waals surface area contributed by atoms with Gasteiger partial charge in [-0.25, -0.2) is 4.68 Å². The van der Waals surface area contributed by atoms with Gasteiger partial charge in [0, 0.05) is 11.1 Å². The van der Waals surface area contributed by atoms with Crippen LogP contribution < -0.4 is 0 Å². The van der Waals surface area contributed by atoms with E-state index in [1.165, 1.54) is 22.2 Å². The molecule has 0 aliphatic rings. The molecule has 3 rings (SSSR count). The van der Waals surface area contributed by atoms with E-state index in [-0.39, 0.29) is 0 Å². The van der Waals surface area contributed by atoms with Crippen molar-refractivity contribution < 1.29 is 0 Å². The summed E-state index contributed by atoms with van der Waals surface area (Å²) in [5.41, 5.74) is 4.83. The topological polar surface area (TPSA) is 33.6 Å². The van der Waals surface area contributed by atoms with Crippen molar-refractivity contribution in [2.75, 3.05) is 0 Å². The number of aromatic nitrogens is 3. The Morgan fingerprint density at radius 3 is 2.71 bits per heavy atom. The van der Waals surface area contributed by atoms with E-state index in [2.05, 4.69) is 54.3 Å². The Labute approximate surface area is 100 Å². The first-order valence-electron chi connectivity index (χ1n) is 5.79. The van der Waals surface area contributed by atoms with Crippen molar-refractivity contribution in [1.29, 1.82) is 0 Å². The second-order valence-corrected chi connectivity index (χ2v) is 4.54. The fourth-order valence-corrected chi connectivity index (χ4v) is 2.08. The lowest BCUT2D eigenvalue weighted by molar-refractivity contribution is 0.703. The normalized spacial score (nSPS) is 11.2. The number of fused-ring (bicyclic) bond motifs is 1. The molecule has 86 valence electrons. The van der Waals surface area contributed by atoms with Crippen LogP contribution in [0.4, 0.5) is 0 Å². The summed E-state index contributed by atoms with van der Waals surface area (Å²) >= 11 is 0. The molecule has 3 nitrogen and oxygen atoms in total. The van der Waals surface area contributed by atoms with Crippen LogP contribution in [0.15, 0.2) is 36.5 Å². The number of nitrogens with one attached hydrogen (secondary N) is 1. The number of aryl methyl sites for hydroxylation is 2. The van der Waals surface area contributed by atoms with E-state index < -0.39 is 0 Å². The molecule has 2 heterocycles. The molecule has 0 bridgehead atoms. The van der Waals surface area contributed by atoms with Crippen LogP contribution >= 0.6 is 0 Å². The van der Waals surface area contributed by atoms with Gasteiger partial charge in [0.25, 0.3) is 0 Å². The highest BCUT2D eigenvalue weighted by molar-refractivity contribution is 5.76. The molecular formula is C14H15N3. The van der Waals surface area contributed by atoms with Crippen molar-refractivity contribution in [3.05, 3.63) is 53.3 Å². The first kappa shape index (κ1) is 10.1. The molecule has 2 aromatic heterocycles. The minimum absolute atomic E-state index is 0.809. The molecule has 0 amide bonds. The van der Waals surface area contributed by atoms with Gasteiger partial charge in [0.2, 0.25) is 0 Å². The first-order valence-corrected chi connectivity index (χ1v) is 5.79. The zero-order valence-corrected chi connectivity index (χ0v) is 10.1. The summed E-state index contributed by atoms with van der Waals surface area (Å²) in [6.45, 7) is 4.98. The van der Waals surface area contributed by atoms with Crippen molar-refractivity contribution in [2.45, 2.75) is 20.4 Å². The second-order valence-electron chi connectivity index (χ2n) is 4.54. The van der Waals surface area contributed by atoms with Crippen LogP contribution in [-0.2, 0) is 6.54 Å². The summed E-state index contributed by atoms with van der Waals surface area (Å²) in [5, 5.41) is 5.58.